The Kier molecular flexibility index (Phi) is 7.22. The molecular weight excluding hydrogens is 128 g/mol. The van der Waals surface area contributed by atoms with Gasteiger partial charge in [0.25, 0.3) is 0 Å². The summed E-state index contributed by atoms with van der Waals surface area (Å²) in [4.78, 5) is 0. The van der Waals surface area contributed by atoms with Gasteiger partial charge in [0.05, 0.1) is 6.11 Å². The molecule has 0 aliphatic heterocycles. The zero-order valence-electron chi connectivity index (χ0n) is 6.24. The molecule has 0 aliphatic carbocycles. The molecule has 0 atom stereocenters. The minimum Gasteiger partial charge on any atom is -0.512 e. The van der Waals surface area contributed by atoms with E-state index in [-0.39, 0.29) is 0 Å². The molecule has 0 aliphatic rings. The highest BCUT2D eigenvalue weighted by atomic mass is 28.2. The lowest BCUT2D eigenvalue weighted by Gasteiger charge is -1.87. The van der Waals surface area contributed by atoms with E-state index in [1.165, 1.54) is 19.3 Å². The molecule has 0 saturated carbocycles. The molecule has 0 spiro atoms. The van der Waals surface area contributed by atoms with Crippen LogP contribution in [0.4, 0.5) is 0 Å². The third kappa shape index (κ3) is 7.58. The van der Waals surface area contributed by atoms with Gasteiger partial charge in [-0.3, -0.25) is 0 Å². The number of hydrogen-bond acceptors (Lipinski definition) is 1. The van der Waals surface area contributed by atoms with Crippen LogP contribution in [0.1, 0.15) is 32.6 Å². The molecule has 0 aromatic rings. The van der Waals surface area contributed by atoms with Gasteiger partial charge in [0, 0.05) is 6.42 Å². The highest BCUT2D eigenvalue weighted by molar-refractivity contribution is 5.98. The monoisotopic (exact) mass is 142 g/mol. The van der Waals surface area contributed by atoms with Crippen molar-refractivity contribution in [3.8, 4) is 12.0 Å². The summed E-state index contributed by atoms with van der Waals surface area (Å²) in [5.74, 6) is 2.93. The Balaban J connectivity index is 2.90. The fraction of sp³-hybridized carbons (Fsp3) is 0.714. The van der Waals surface area contributed by atoms with E-state index in [1.807, 2.05) is 0 Å². The van der Waals surface area contributed by atoms with Crippen LogP contribution in [0.25, 0.3) is 0 Å². The van der Waals surface area contributed by atoms with Crippen LogP contribution in [-0.2, 0) is 4.43 Å². The van der Waals surface area contributed by atoms with E-state index in [1.54, 1.807) is 0 Å². The molecule has 0 N–H and O–H groups in total. The standard InChI is InChI=1S/C7H14OSi/c1-2-3-4-5-6-7-8-9/h2-5H2,1,9H3. The van der Waals surface area contributed by atoms with E-state index in [9.17, 15) is 0 Å². The molecule has 0 heterocycles. The summed E-state index contributed by atoms with van der Waals surface area (Å²) in [6.45, 7) is 2.19. The first-order valence-electron chi connectivity index (χ1n) is 3.42. The van der Waals surface area contributed by atoms with E-state index in [4.69, 9.17) is 4.43 Å². The van der Waals surface area contributed by atoms with Crippen molar-refractivity contribution in [2.24, 2.45) is 0 Å². The molecule has 0 aromatic heterocycles. The van der Waals surface area contributed by atoms with Crippen LogP contribution in [-0.4, -0.2) is 10.5 Å². The summed E-state index contributed by atoms with van der Waals surface area (Å²) < 4.78 is 4.70. The van der Waals surface area contributed by atoms with Crippen molar-refractivity contribution < 1.29 is 4.43 Å². The summed E-state index contributed by atoms with van der Waals surface area (Å²) in [6, 6.07) is 0. The van der Waals surface area contributed by atoms with Crippen LogP contribution in [0, 0.1) is 12.0 Å². The lowest BCUT2D eigenvalue weighted by molar-refractivity contribution is 0.576. The van der Waals surface area contributed by atoms with Gasteiger partial charge in [0.2, 0.25) is 10.5 Å². The van der Waals surface area contributed by atoms with Crippen LogP contribution < -0.4 is 0 Å². The van der Waals surface area contributed by atoms with Gasteiger partial charge in [-0.2, -0.15) is 0 Å². The Morgan fingerprint density at radius 3 is 2.78 bits per heavy atom. The summed E-state index contributed by atoms with van der Waals surface area (Å²) in [5.41, 5.74) is 0. The molecule has 0 fully saturated rings. The smallest absolute Gasteiger partial charge is 0.219 e. The molecule has 9 heavy (non-hydrogen) atoms. The SMILES string of the molecule is CCCCCC#CO[SiH3]. The lowest BCUT2D eigenvalue weighted by Crippen LogP contribution is -1.72. The fourth-order valence-electron chi connectivity index (χ4n) is 0.587. The largest absolute Gasteiger partial charge is 0.512 e. The second-order valence-corrected chi connectivity index (χ2v) is 2.35. The average molecular weight is 142 g/mol. The molecule has 0 aromatic carbocycles. The Hall–Kier alpha value is -0.423. The summed E-state index contributed by atoms with van der Waals surface area (Å²) in [5, 5.41) is 0. The molecule has 0 bridgehead atoms. The Morgan fingerprint density at radius 2 is 2.22 bits per heavy atom. The van der Waals surface area contributed by atoms with Crippen molar-refractivity contribution in [2.45, 2.75) is 32.6 Å². The van der Waals surface area contributed by atoms with E-state index in [0.29, 0.717) is 0 Å². The third-order valence-electron chi connectivity index (χ3n) is 1.08. The molecule has 0 unspecified atom stereocenters. The first-order chi connectivity index (χ1) is 4.41. The van der Waals surface area contributed by atoms with Crippen LogP contribution in [0.2, 0.25) is 0 Å². The van der Waals surface area contributed by atoms with Gasteiger partial charge in [-0.15, -0.1) is 0 Å². The average Bonchev–Trinajstić information content (AvgIpc) is 1.89. The van der Waals surface area contributed by atoms with Gasteiger partial charge in [0.1, 0.15) is 0 Å². The number of unbranched alkanes of at least 4 members (excludes halogenated alkanes) is 3. The molecule has 0 rings (SSSR count). The molecule has 1 nitrogen and oxygen atoms in total. The van der Waals surface area contributed by atoms with Crippen LogP contribution in [0.5, 0.6) is 0 Å². The first kappa shape index (κ1) is 8.58. The Morgan fingerprint density at radius 1 is 1.44 bits per heavy atom. The number of hydrogen-bond donors (Lipinski definition) is 0. The van der Waals surface area contributed by atoms with Crippen molar-refractivity contribution in [1.82, 2.24) is 0 Å². The second kappa shape index (κ2) is 7.58. The molecular formula is C7H14OSi. The molecule has 0 radical (unpaired) electrons. The van der Waals surface area contributed by atoms with Gasteiger partial charge in [-0.1, -0.05) is 25.7 Å². The van der Waals surface area contributed by atoms with Gasteiger partial charge in [-0.25, -0.2) is 0 Å². The van der Waals surface area contributed by atoms with Crippen LogP contribution in [0.3, 0.4) is 0 Å². The van der Waals surface area contributed by atoms with Crippen molar-refractivity contribution >= 4 is 10.5 Å². The Labute approximate surface area is 60.3 Å². The highest BCUT2D eigenvalue weighted by Crippen LogP contribution is 1.96. The van der Waals surface area contributed by atoms with Gasteiger partial charge < -0.3 is 4.43 Å². The van der Waals surface area contributed by atoms with Gasteiger partial charge >= 0.3 is 0 Å². The fourth-order valence-corrected chi connectivity index (χ4v) is 0.731. The van der Waals surface area contributed by atoms with Crippen LogP contribution in [0.15, 0.2) is 0 Å². The maximum atomic E-state index is 4.70. The van der Waals surface area contributed by atoms with E-state index in [0.717, 1.165) is 16.9 Å². The number of rotatable bonds is 3. The topological polar surface area (TPSA) is 9.23 Å². The quantitative estimate of drug-likeness (QED) is 0.322. The third-order valence-corrected chi connectivity index (χ3v) is 1.28. The minimum atomic E-state index is 0.735. The predicted octanol–water partition coefficient (Wildman–Crippen LogP) is 0.825. The van der Waals surface area contributed by atoms with E-state index < -0.39 is 0 Å². The van der Waals surface area contributed by atoms with E-state index >= 15 is 0 Å². The highest BCUT2D eigenvalue weighted by Gasteiger charge is 1.79. The Bertz CT molecular complexity index is 101. The summed E-state index contributed by atoms with van der Waals surface area (Å²) in [6.07, 6.45) is 7.39. The normalized spacial score (nSPS) is 8.11. The van der Waals surface area contributed by atoms with Gasteiger partial charge in [0.15, 0.2) is 0 Å². The van der Waals surface area contributed by atoms with Crippen molar-refractivity contribution in [3.05, 3.63) is 0 Å². The van der Waals surface area contributed by atoms with Crippen molar-refractivity contribution in [2.75, 3.05) is 0 Å². The van der Waals surface area contributed by atoms with E-state index in [2.05, 4.69) is 19.0 Å². The maximum absolute atomic E-state index is 4.70. The second-order valence-electron chi connectivity index (χ2n) is 1.94. The van der Waals surface area contributed by atoms with Crippen molar-refractivity contribution in [3.63, 3.8) is 0 Å². The first-order valence-corrected chi connectivity index (χ1v) is 4.24. The molecule has 0 saturated heterocycles. The maximum Gasteiger partial charge on any atom is 0.219 e. The minimum absolute atomic E-state index is 0.735. The van der Waals surface area contributed by atoms with Crippen LogP contribution >= 0.6 is 0 Å². The molecule has 2 heteroatoms. The summed E-state index contributed by atoms with van der Waals surface area (Å²) >= 11 is 0. The molecule has 52 valence electrons. The zero-order chi connectivity index (χ0) is 6.95. The summed E-state index contributed by atoms with van der Waals surface area (Å²) in [7, 11) is 0.735. The van der Waals surface area contributed by atoms with Gasteiger partial charge in [-0.05, 0) is 6.42 Å². The zero-order valence-corrected chi connectivity index (χ0v) is 8.24. The lowest BCUT2D eigenvalue weighted by atomic mass is 10.2. The predicted molar refractivity (Wildman–Crippen MR) is 42.9 cm³/mol. The molecule has 0 amide bonds. The van der Waals surface area contributed by atoms with Crippen molar-refractivity contribution in [1.29, 1.82) is 0 Å².